The van der Waals surface area contributed by atoms with E-state index in [0.717, 1.165) is 29.0 Å². The molecule has 2 aliphatic carbocycles. The Morgan fingerprint density at radius 1 is 1.07 bits per heavy atom. The maximum Gasteiger partial charge on any atom is 0.331 e. The zero-order valence-corrected chi connectivity index (χ0v) is 22.5. The van der Waals surface area contributed by atoms with Gasteiger partial charge in [-0.2, -0.15) is 4.98 Å². The number of rotatable bonds is 8. The van der Waals surface area contributed by atoms with Gasteiger partial charge in [0.05, 0.1) is 17.9 Å². The lowest BCUT2D eigenvalue weighted by molar-refractivity contribution is -0.124. The minimum atomic E-state index is -0.365. The molecule has 4 amide bonds. The first-order chi connectivity index (χ1) is 19.8. The van der Waals surface area contributed by atoms with E-state index in [4.69, 9.17) is 4.98 Å². The lowest BCUT2D eigenvalue weighted by Crippen LogP contribution is -2.30. The van der Waals surface area contributed by atoms with E-state index in [9.17, 15) is 14.4 Å². The first-order valence-corrected chi connectivity index (χ1v) is 13.5. The molecule has 1 saturated heterocycles. The number of anilines is 3. The van der Waals surface area contributed by atoms with Crippen LogP contribution in [-0.4, -0.2) is 70.6 Å². The van der Waals surface area contributed by atoms with Crippen molar-refractivity contribution in [2.45, 2.75) is 44.6 Å². The lowest BCUT2D eigenvalue weighted by Gasteiger charge is -2.17. The summed E-state index contributed by atoms with van der Waals surface area (Å²) >= 11 is 0. The van der Waals surface area contributed by atoms with Crippen molar-refractivity contribution in [2.75, 3.05) is 29.1 Å². The third-order valence-electron chi connectivity index (χ3n) is 7.63. The number of carbonyl (C=O) groups excluding carboxylic acids is 3. The van der Waals surface area contributed by atoms with Gasteiger partial charge in [-0.3, -0.25) is 24.7 Å². The maximum absolute atomic E-state index is 12.8. The highest BCUT2D eigenvalue weighted by molar-refractivity contribution is 6.13. The molecule has 14 heteroatoms. The highest BCUT2D eigenvalue weighted by Gasteiger charge is 2.46. The summed E-state index contributed by atoms with van der Waals surface area (Å²) in [7, 11) is 1.49. The molecule has 0 spiro atoms. The molecule has 4 aromatic heterocycles. The molecule has 208 valence electrons. The summed E-state index contributed by atoms with van der Waals surface area (Å²) in [6.45, 7) is 2.17. The fourth-order valence-corrected chi connectivity index (χ4v) is 5.09. The van der Waals surface area contributed by atoms with Gasteiger partial charge in [0, 0.05) is 43.2 Å². The van der Waals surface area contributed by atoms with Crippen LogP contribution in [0.5, 0.6) is 0 Å². The van der Waals surface area contributed by atoms with Crippen LogP contribution in [0.3, 0.4) is 0 Å². The minimum absolute atomic E-state index is 0.0101. The van der Waals surface area contributed by atoms with Crippen LogP contribution in [0.2, 0.25) is 0 Å². The normalized spacial score (nSPS) is 20.1. The molecule has 7 rings (SSSR count). The van der Waals surface area contributed by atoms with Gasteiger partial charge in [-0.15, -0.1) is 0 Å². The Morgan fingerprint density at radius 3 is 2.66 bits per heavy atom. The SMILES string of the molecule is Cc1ccnc([C@H]2C[C@@H]2C(=O)Nc2ncnc(NCc3cn4cc(C5CC5)cc(N5CC(=O)N(C)C5=O)c4n3)n2)n1. The van der Waals surface area contributed by atoms with Crippen LogP contribution in [0.15, 0.2) is 37.1 Å². The molecule has 1 aliphatic heterocycles. The van der Waals surface area contributed by atoms with Gasteiger partial charge < -0.3 is 9.72 Å². The number of pyridine rings is 1. The summed E-state index contributed by atoms with van der Waals surface area (Å²) in [5.41, 5.74) is 3.87. The van der Waals surface area contributed by atoms with E-state index in [1.807, 2.05) is 35.9 Å². The lowest BCUT2D eigenvalue weighted by atomic mass is 10.1. The number of hydrogen-bond donors (Lipinski definition) is 2. The number of likely N-dealkylation sites (N-methyl/N-ethyl adjacent to an activating group) is 1. The van der Waals surface area contributed by atoms with Crippen LogP contribution in [-0.2, 0) is 16.1 Å². The fraction of sp³-hybridized carbons (Fsp3) is 0.370. The van der Waals surface area contributed by atoms with Crippen molar-refractivity contribution in [2.24, 2.45) is 5.92 Å². The van der Waals surface area contributed by atoms with Gasteiger partial charge in [0.1, 0.15) is 18.7 Å². The molecule has 2 saturated carbocycles. The summed E-state index contributed by atoms with van der Waals surface area (Å²) in [4.78, 5) is 66.4. The third kappa shape index (κ3) is 4.81. The second-order valence-corrected chi connectivity index (χ2v) is 10.7. The Bertz CT molecular complexity index is 1720. The van der Waals surface area contributed by atoms with Gasteiger partial charge in [0.2, 0.25) is 23.7 Å². The van der Waals surface area contributed by atoms with Crippen molar-refractivity contribution in [3.63, 3.8) is 0 Å². The molecule has 5 heterocycles. The standard InChI is InChI=1S/C27H27N11O3/c1-14-5-6-28-22(32-14)18-8-19(18)24(40)34-26-31-13-30-25(35-26)29-9-17-11-37-10-16(15-3-4-15)7-20(23(37)33-17)38-12-21(39)36(2)27(38)41/h5-7,10-11,13,15,18-19H,3-4,8-9,12H2,1-2H3,(H2,29,30,31,34,35,40)/t18-,19-/m0/s1. The van der Waals surface area contributed by atoms with Gasteiger partial charge >= 0.3 is 6.03 Å². The zero-order valence-electron chi connectivity index (χ0n) is 22.5. The van der Waals surface area contributed by atoms with Crippen molar-refractivity contribution in [1.82, 2.24) is 39.2 Å². The number of hydrogen-bond acceptors (Lipinski definition) is 10. The number of nitrogens with zero attached hydrogens (tertiary/aromatic N) is 9. The van der Waals surface area contributed by atoms with E-state index in [-0.39, 0.29) is 48.1 Å². The number of carbonyl (C=O) groups is 3. The summed E-state index contributed by atoms with van der Waals surface area (Å²) < 4.78 is 1.90. The number of imide groups is 1. The van der Waals surface area contributed by atoms with Crippen LogP contribution in [0.1, 0.15) is 53.9 Å². The van der Waals surface area contributed by atoms with E-state index in [1.54, 1.807) is 6.20 Å². The maximum atomic E-state index is 12.8. The monoisotopic (exact) mass is 553 g/mol. The molecule has 2 atom stereocenters. The molecular formula is C27H27N11O3. The average molecular weight is 554 g/mol. The third-order valence-corrected chi connectivity index (χ3v) is 7.63. The van der Waals surface area contributed by atoms with Gasteiger partial charge in [-0.25, -0.2) is 29.7 Å². The van der Waals surface area contributed by atoms with Crippen molar-refractivity contribution in [1.29, 1.82) is 0 Å². The molecule has 0 bridgehead atoms. The van der Waals surface area contributed by atoms with Crippen molar-refractivity contribution in [3.8, 4) is 0 Å². The molecule has 0 aromatic carbocycles. The van der Waals surface area contributed by atoms with Crippen molar-refractivity contribution in [3.05, 3.63) is 59.8 Å². The van der Waals surface area contributed by atoms with Gasteiger partial charge in [-0.05, 0) is 49.8 Å². The Hall–Kier alpha value is -5.01. The van der Waals surface area contributed by atoms with E-state index in [2.05, 4.69) is 35.6 Å². The van der Waals surface area contributed by atoms with Crippen molar-refractivity contribution < 1.29 is 14.4 Å². The second-order valence-electron chi connectivity index (χ2n) is 10.7. The highest BCUT2D eigenvalue weighted by atomic mass is 16.2. The number of urea groups is 1. The number of nitrogens with one attached hydrogen (secondary N) is 2. The summed E-state index contributed by atoms with van der Waals surface area (Å²) in [6.07, 6.45) is 9.82. The first-order valence-electron chi connectivity index (χ1n) is 13.5. The molecule has 3 fully saturated rings. The quantitative estimate of drug-likeness (QED) is 0.309. The average Bonchev–Trinajstić information content (AvgIpc) is 3.89. The largest absolute Gasteiger partial charge is 0.348 e. The summed E-state index contributed by atoms with van der Waals surface area (Å²) in [5.74, 6) is 0.880. The molecule has 0 radical (unpaired) electrons. The fourth-order valence-electron chi connectivity index (χ4n) is 5.09. The van der Waals surface area contributed by atoms with E-state index in [0.29, 0.717) is 41.7 Å². The first kappa shape index (κ1) is 25.0. The van der Waals surface area contributed by atoms with E-state index >= 15 is 0 Å². The van der Waals surface area contributed by atoms with E-state index in [1.165, 1.54) is 18.3 Å². The van der Waals surface area contributed by atoms with Gasteiger partial charge in [0.25, 0.3) is 0 Å². The Kier molecular flexibility index (Phi) is 5.83. The highest BCUT2D eigenvalue weighted by Crippen LogP contribution is 2.46. The molecular weight excluding hydrogens is 526 g/mol. The molecule has 41 heavy (non-hydrogen) atoms. The Morgan fingerprint density at radius 2 is 1.90 bits per heavy atom. The Balaban J connectivity index is 1.05. The number of aromatic nitrogens is 7. The van der Waals surface area contributed by atoms with Gasteiger partial charge in [-0.1, -0.05) is 0 Å². The molecule has 4 aromatic rings. The predicted molar refractivity (Wildman–Crippen MR) is 146 cm³/mol. The van der Waals surface area contributed by atoms with Crippen LogP contribution in [0.4, 0.5) is 22.4 Å². The smallest absolute Gasteiger partial charge is 0.331 e. The van der Waals surface area contributed by atoms with Crippen LogP contribution in [0, 0.1) is 12.8 Å². The van der Waals surface area contributed by atoms with Crippen molar-refractivity contribution >= 4 is 41.1 Å². The Labute approximate surface area is 234 Å². The molecule has 14 nitrogen and oxygen atoms in total. The minimum Gasteiger partial charge on any atom is -0.348 e. The molecule has 0 unspecified atom stereocenters. The topological polar surface area (TPSA) is 164 Å². The van der Waals surface area contributed by atoms with Crippen LogP contribution in [0.25, 0.3) is 5.65 Å². The van der Waals surface area contributed by atoms with Crippen LogP contribution < -0.4 is 15.5 Å². The number of fused-ring (bicyclic) bond motifs is 1. The second kappa shape index (κ2) is 9.57. The number of aryl methyl sites for hydroxylation is 1. The summed E-state index contributed by atoms with van der Waals surface area (Å²) in [5, 5.41) is 5.90. The van der Waals surface area contributed by atoms with Gasteiger partial charge in [0.15, 0.2) is 5.65 Å². The van der Waals surface area contributed by atoms with Crippen LogP contribution >= 0.6 is 0 Å². The predicted octanol–water partition coefficient (Wildman–Crippen LogP) is 2.25. The van der Waals surface area contributed by atoms with E-state index < -0.39 is 0 Å². The molecule has 3 aliphatic rings. The number of imidazole rings is 1. The molecule has 2 N–H and O–H groups in total. The zero-order chi connectivity index (χ0) is 28.2. The summed E-state index contributed by atoms with van der Waals surface area (Å²) in [6, 6.07) is 3.43. The number of amides is 4.